The highest BCUT2D eigenvalue weighted by atomic mass is 35.5. The summed E-state index contributed by atoms with van der Waals surface area (Å²) in [5, 5.41) is 6.18. The number of anilines is 1. The Morgan fingerprint density at radius 3 is 2.65 bits per heavy atom. The average molecular weight is 320 g/mol. The molecule has 0 bridgehead atoms. The van der Waals surface area contributed by atoms with Crippen LogP contribution in [0.4, 0.5) is 5.82 Å². The Hall–Kier alpha value is -0.840. The molecular weight excluding hydrogens is 297 g/mol. The number of hydrogen-bond acceptors (Lipinski definition) is 3. The number of carbonyl (C=O) groups is 1. The lowest BCUT2D eigenvalue weighted by Crippen LogP contribution is -2.28. The van der Waals surface area contributed by atoms with Crippen LogP contribution in [0.3, 0.4) is 0 Å². The van der Waals surface area contributed by atoms with Crippen molar-refractivity contribution in [2.75, 3.05) is 18.4 Å². The van der Waals surface area contributed by atoms with Gasteiger partial charge in [0, 0.05) is 12.6 Å². The van der Waals surface area contributed by atoms with Crippen molar-refractivity contribution in [2.24, 2.45) is 5.92 Å². The Morgan fingerprint density at radius 2 is 2.05 bits per heavy atom. The molecule has 0 aromatic carbocycles. The Bertz CT molecular complexity index is 392. The Labute approximate surface area is 132 Å². The molecule has 1 amide bonds. The molecule has 2 rings (SSSR count). The van der Waals surface area contributed by atoms with E-state index in [0.29, 0.717) is 18.2 Å². The summed E-state index contributed by atoms with van der Waals surface area (Å²) in [6.45, 7) is 4.16. The van der Waals surface area contributed by atoms with Crippen molar-refractivity contribution >= 4 is 36.5 Å². The van der Waals surface area contributed by atoms with Gasteiger partial charge in [-0.25, -0.2) is 4.98 Å². The van der Waals surface area contributed by atoms with Crippen molar-refractivity contribution in [3.8, 4) is 0 Å². The quantitative estimate of drug-likeness (QED) is 0.897. The van der Waals surface area contributed by atoms with Gasteiger partial charge in [0.1, 0.15) is 5.82 Å². The molecule has 0 radical (unpaired) electrons. The number of aromatic nitrogens is 1. The predicted molar refractivity (Wildman–Crippen MR) is 86.9 cm³/mol. The van der Waals surface area contributed by atoms with Crippen LogP contribution in [-0.4, -0.2) is 24.0 Å². The molecule has 1 aliphatic heterocycles. The monoisotopic (exact) mass is 319 g/mol. The normalized spacial score (nSPS) is 14.8. The maximum atomic E-state index is 11.8. The SMILES string of the molecule is Cc1ccc(NC(=O)CCC2CCNCC2)nc1.Cl.Cl. The largest absolute Gasteiger partial charge is 0.317 e. The van der Waals surface area contributed by atoms with E-state index in [2.05, 4.69) is 15.6 Å². The number of nitrogens with one attached hydrogen (secondary N) is 2. The first-order chi connectivity index (χ1) is 8.74. The van der Waals surface area contributed by atoms with E-state index in [0.717, 1.165) is 25.1 Å². The molecule has 4 nitrogen and oxygen atoms in total. The summed E-state index contributed by atoms with van der Waals surface area (Å²) in [5.41, 5.74) is 1.10. The zero-order valence-electron chi connectivity index (χ0n) is 11.7. The molecule has 1 fully saturated rings. The van der Waals surface area contributed by atoms with Crippen LogP contribution in [0, 0.1) is 12.8 Å². The van der Waals surface area contributed by atoms with E-state index in [9.17, 15) is 4.79 Å². The van der Waals surface area contributed by atoms with Gasteiger partial charge in [-0.05, 0) is 56.8 Å². The molecule has 6 heteroatoms. The van der Waals surface area contributed by atoms with Crippen molar-refractivity contribution in [1.29, 1.82) is 0 Å². The van der Waals surface area contributed by atoms with Crippen molar-refractivity contribution in [1.82, 2.24) is 10.3 Å². The van der Waals surface area contributed by atoms with Gasteiger partial charge in [0.15, 0.2) is 0 Å². The molecule has 20 heavy (non-hydrogen) atoms. The smallest absolute Gasteiger partial charge is 0.225 e. The number of pyridine rings is 1. The lowest BCUT2D eigenvalue weighted by atomic mass is 9.93. The summed E-state index contributed by atoms with van der Waals surface area (Å²) in [5.74, 6) is 1.42. The third-order valence-electron chi connectivity index (χ3n) is 3.42. The molecule has 1 aromatic heterocycles. The Morgan fingerprint density at radius 1 is 1.35 bits per heavy atom. The first-order valence-electron chi connectivity index (χ1n) is 6.67. The molecular formula is C14H23Cl2N3O. The lowest BCUT2D eigenvalue weighted by Gasteiger charge is -2.22. The fraction of sp³-hybridized carbons (Fsp3) is 0.571. The van der Waals surface area contributed by atoms with Gasteiger partial charge in [0.25, 0.3) is 0 Å². The second kappa shape index (κ2) is 9.97. The third-order valence-corrected chi connectivity index (χ3v) is 3.42. The summed E-state index contributed by atoms with van der Waals surface area (Å²) in [4.78, 5) is 15.9. The van der Waals surface area contributed by atoms with Crippen molar-refractivity contribution in [2.45, 2.75) is 32.6 Å². The van der Waals surface area contributed by atoms with Crippen LogP contribution in [0.1, 0.15) is 31.2 Å². The van der Waals surface area contributed by atoms with Crippen molar-refractivity contribution < 1.29 is 4.79 Å². The summed E-state index contributed by atoms with van der Waals surface area (Å²) in [6, 6.07) is 3.80. The van der Waals surface area contributed by atoms with Gasteiger partial charge in [-0.2, -0.15) is 0 Å². The number of carbonyl (C=O) groups excluding carboxylic acids is 1. The van der Waals surface area contributed by atoms with Gasteiger partial charge < -0.3 is 10.6 Å². The number of halogens is 2. The topological polar surface area (TPSA) is 54.0 Å². The second-order valence-corrected chi connectivity index (χ2v) is 5.00. The molecule has 1 aliphatic rings. The average Bonchev–Trinajstić information content (AvgIpc) is 2.40. The van der Waals surface area contributed by atoms with Gasteiger partial charge in [0.05, 0.1) is 0 Å². The summed E-state index contributed by atoms with van der Waals surface area (Å²) in [7, 11) is 0. The van der Waals surface area contributed by atoms with Crippen LogP contribution >= 0.6 is 24.8 Å². The number of hydrogen-bond donors (Lipinski definition) is 2. The minimum absolute atomic E-state index is 0. The van der Waals surface area contributed by atoms with Crippen molar-refractivity contribution in [3.63, 3.8) is 0 Å². The predicted octanol–water partition coefficient (Wildman–Crippen LogP) is 2.95. The van der Waals surface area contributed by atoms with E-state index in [1.165, 1.54) is 12.8 Å². The van der Waals surface area contributed by atoms with Crippen LogP contribution in [-0.2, 0) is 4.79 Å². The van der Waals surface area contributed by atoms with E-state index in [4.69, 9.17) is 0 Å². The number of nitrogens with zero attached hydrogens (tertiary/aromatic N) is 1. The third kappa shape index (κ3) is 6.55. The molecule has 1 aromatic rings. The minimum Gasteiger partial charge on any atom is -0.317 e. The molecule has 114 valence electrons. The zero-order valence-corrected chi connectivity index (χ0v) is 13.4. The zero-order chi connectivity index (χ0) is 12.8. The molecule has 0 saturated carbocycles. The van der Waals surface area contributed by atoms with Gasteiger partial charge in [-0.1, -0.05) is 6.07 Å². The minimum atomic E-state index is 0. The standard InChI is InChI=1S/C14H21N3O.2ClH/c1-11-2-4-13(16-10-11)17-14(18)5-3-12-6-8-15-9-7-12;;/h2,4,10,12,15H,3,5-9H2,1H3,(H,16,17,18);2*1H. The fourth-order valence-electron chi connectivity index (χ4n) is 2.25. The Kier molecular flexibility index (Phi) is 9.55. The van der Waals surface area contributed by atoms with E-state index in [1.54, 1.807) is 6.20 Å². The van der Waals surface area contributed by atoms with Crippen LogP contribution in [0.15, 0.2) is 18.3 Å². The van der Waals surface area contributed by atoms with E-state index in [1.807, 2.05) is 19.1 Å². The first-order valence-corrected chi connectivity index (χ1v) is 6.67. The second-order valence-electron chi connectivity index (χ2n) is 5.00. The van der Waals surface area contributed by atoms with Crippen LogP contribution in [0.2, 0.25) is 0 Å². The van der Waals surface area contributed by atoms with E-state index < -0.39 is 0 Å². The van der Waals surface area contributed by atoms with Gasteiger partial charge >= 0.3 is 0 Å². The van der Waals surface area contributed by atoms with Gasteiger partial charge in [-0.3, -0.25) is 4.79 Å². The highest BCUT2D eigenvalue weighted by Crippen LogP contribution is 2.18. The van der Waals surface area contributed by atoms with Crippen LogP contribution in [0.25, 0.3) is 0 Å². The number of amides is 1. The number of piperidine rings is 1. The Balaban J connectivity index is 0.00000180. The van der Waals surface area contributed by atoms with E-state index >= 15 is 0 Å². The highest BCUT2D eigenvalue weighted by Gasteiger charge is 2.14. The lowest BCUT2D eigenvalue weighted by molar-refractivity contribution is -0.116. The molecule has 2 N–H and O–H groups in total. The summed E-state index contributed by atoms with van der Waals surface area (Å²) < 4.78 is 0. The van der Waals surface area contributed by atoms with Gasteiger partial charge in [-0.15, -0.1) is 24.8 Å². The molecule has 0 spiro atoms. The fourth-order valence-corrected chi connectivity index (χ4v) is 2.25. The molecule has 0 aliphatic carbocycles. The van der Waals surface area contributed by atoms with Crippen molar-refractivity contribution in [3.05, 3.63) is 23.9 Å². The molecule has 0 atom stereocenters. The highest BCUT2D eigenvalue weighted by molar-refractivity contribution is 5.89. The van der Waals surface area contributed by atoms with Gasteiger partial charge in [0.2, 0.25) is 5.91 Å². The van der Waals surface area contributed by atoms with Crippen LogP contribution in [0.5, 0.6) is 0 Å². The molecule has 0 unspecified atom stereocenters. The first kappa shape index (κ1) is 19.2. The molecule has 1 saturated heterocycles. The summed E-state index contributed by atoms with van der Waals surface area (Å²) >= 11 is 0. The molecule has 2 heterocycles. The van der Waals surface area contributed by atoms with E-state index in [-0.39, 0.29) is 30.7 Å². The number of aryl methyl sites for hydroxylation is 1. The maximum Gasteiger partial charge on any atom is 0.225 e. The summed E-state index contributed by atoms with van der Waals surface area (Å²) in [6.07, 6.45) is 5.73. The number of rotatable bonds is 4. The maximum absolute atomic E-state index is 11.8. The van der Waals surface area contributed by atoms with Crippen LogP contribution < -0.4 is 10.6 Å².